The lowest BCUT2D eigenvalue weighted by Crippen LogP contribution is -2.25. The largest absolute Gasteiger partial charge is 0.0725 e. The van der Waals surface area contributed by atoms with E-state index < -0.39 is 5.41 Å². The summed E-state index contributed by atoms with van der Waals surface area (Å²) in [4.78, 5) is 0. The van der Waals surface area contributed by atoms with Crippen LogP contribution in [0.3, 0.4) is 0 Å². The molecule has 0 atom stereocenters. The second kappa shape index (κ2) is 10.5. The molecule has 0 heterocycles. The third kappa shape index (κ3) is 3.65. The molecule has 0 aromatic heterocycles. The minimum Gasteiger partial charge on any atom is -0.0619 e. The van der Waals surface area contributed by atoms with Crippen molar-refractivity contribution in [3.63, 3.8) is 0 Å². The third-order valence-electron chi connectivity index (χ3n) is 13.8. The fourth-order valence-corrected chi connectivity index (χ4v) is 11.5. The summed E-state index contributed by atoms with van der Waals surface area (Å²) in [5.41, 5.74) is 15.4. The van der Waals surface area contributed by atoms with Crippen molar-refractivity contribution in [2.45, 2.75) is 5.41 Å². The van der Waals surface area contributed by atoms with Crippen LogP contribution in [-0.4, -0.2) is 0 Å². The lowest BCUT2D eigenvalue weighted by Gasteiger charge is -2.30. The van der Waals surface area contributed by atoms with E-state index in [0.29, 0.717) is 0 Å². The van der Waals surface area contributed by atoms with Gasteiger partial charge in [0.15, 0.2) is 0 Å². The first-order valence-corrected chi connectivity index (χ1v) is 20.1. The van der Waals surface area contributed by atoms with Gasteiger partial charge in [-0.3, -0.25) is 0 Å². The van der Waals surface area contributed by atoms with Crippen LogP contribution in [0.15, 0.2) is 194 Å². The van der Waals surface area contributed by atoms with E-state index in [1.165, 1.54) is 131 Å². The van der Waals surface area contributed by atoms with Crippen LogP contribution in [-0.2, 0) is 5.41 Å². The summed E-state index contributed by atoms with van der Waals surface area (Å²) in [7, 11) is 0. The number of benzene rings is 12. The molecule has 260 valence electrons. The van der Waals surface area contributed by atoms with Crippen molar-refractivity contribution in [3.8, 4) is 44.5 Å². The van der Waals surface area contributed by atoms with Gasteiger partial charge in [-0.15, -0.1) is 0 Å². The highest BCUT2D eigenvalue weighted by Crippen LogP contribution is 2.63. The Morgan fingerprint density at radius 1 is 0.228 bits per heavy atom. The summed E-state index contributed by atoms with van der Waals surface area (Å²) in [6.45, 7) is 0. The molecule has 2 aliphatic carbocycles. The SMILES string of the molecule is c1ccc2c(c1)-c1ccccc1C21c2ccc(-c3ccc4ccc5cccc6ccc3c4c56)cc2-c2cc(-c3ccc4ccc5cccc6ccc3c4c56)ccc21. The van der Waals surface area contributed by atoms with Crippen LogP contribution in [0.2, 0.25) is 0 Å². The van der Waals surface area contributed by atoms with Crippen molar-refractivity contribution in [2.75, 3.05) is 0 Å². The predicted octanol–water partition coefficient (Wildman–Crippen LogP) is 15.2. The number of hydrogen-bond acceptors (Lipinski definition) is 0. The second-order valence-electron chi connectivity index (χ2n) is 16.3. The van der Waals surface area contributed by atoms with Gasteiger partial charge >= 0.3 is 0 Å². The van der Waals surface area contributed by atoms with Gasteiger partial charge in [-0.2, -0.15) is 0 Å². The van der Waals surface area contributed by atoms with Crippen molar-refractivity contribution in [3.05, 3.63) is 216 Å². The molecule has 0 saturated heterocycles. The maximum absolute atomic E-state index is 2.51. The van der Waals surface area contributed by atoms with E-state index >= 15 is 0 Å². The Kier molecular flexibility index (Phi) is 5.53. The summed E-state index contributed by atoms with van der Waals surface area (Å²) in [6.07, 6.45) is 0. The smallest absolute Gasteiger partial charge is 0.0619 e. The van der Waals surface area contributed by atoms with Crippen LogP contribution in [0.5, 0.6) is 0 Å². The molecule has 0 aliphatic heterocycles. The average Bonchev–Trinajstić information content (AvgIpc) is 3.74. The van der Waals surface area contributed by atoms with Gasteiger partial charge in [0.25, 0.3) is 0 Å². The fraction of sp³-hybridized carbons (Fsp3) is 0.0175. The summed E-state index contributed by atoms with van der Waals surface area (Å²) in [5, 5.41) is 15.8. The Bertz CT molecular complexity index is 3420. The third-order valence-corrected chi connectivity index (χ3v) is 13.8. The minimum atomic E-state index is -0.403. The summed E-state index contributed by atoms with van der Waals surface area (Å²) in [6, 6.07) is 74.0. The minimum absolute atomic E-state index is 0.403. The van der Waals surface area contributed by atoms with Crippen LogP contribution >= 0.6 is 0 Å². The molecule has 0 nitrogen and oxygen atoms in total. The quantitative estimate of drug-likeness (QED) is 0.156. The molecule has 0 unspecified atom stereocenters. The molecular formula is C57H32. The molecular weight excluding hydrogens is 685 g/mol. The molecule has 57 heavy (non-hydrogen) atoms. The number of fused-ring (bicyclic) bond motifs is 10. The number of hydrogen-bond donors (Lipinski definition) is 0. The van der Waals surface area contributed by atoms with Gasteiger partial charge in [-0.25, -0.2) is 0 Å². The van der Waals surface area contributed by atoms with Crippen molar-refractivity contribution in [1.82, 2.24) is 0 Å². The first-order chi connectivity index (χ1) is 28.3. The topological polar surface area (TPSA) is 0 Å². The summed E-state index contributed by atoms with van der Waals surface area (Å²) < 4.78 is 0. The Hall–Kier alpha value is -7.28. The standard InChI is InChI=1S/C57H32/c1-3-13-49-43(11-1)44-12-2-4-14-50(44)57(49)51-29-23-39(41-25-19-37-17-15-33-7-5-9-35-21-27-45(41)55(37)53(33)35)31-47(51)48-32-40(24-30-52(48)57)42-26-20-38-18-16-34-8-6-10-36-22-28-46(42)56(38)54(34)36/h1-32H. The number of rotatable bonds is 2. The first-order valence-electron chi connectivity index (χ1n) is 20.1. The van der Waals surface area contributed by atoms with Crippen molar-refractivity contribution < 1.29 is 0 Å². The van der Waals surface area contributed by atoms with Crippen LogP contribution in [0.25, 0.3) is 109 Å². The molecule has 2 aliphatic rings. The van der Waals surface area contributed by atoms with Crippen LogP contribution in [0.4, 0.5) is 0 Å². The van der Waals surface area contributed by atoms with Gasteiger partial charge in [0.2, 0.25) is 0 Å². The molecule has 0 bridgehead atoms. The van der Waals surface area contributed by atoms with Gasteiger partial charge in [-0.1, -0.05) is 182 Å². The van der Waals surface area contributed by atoms with E-state index in [1.807, 2.05) is 0 Å². The Labute approximate surface area is 329 Å². The van der Waals surface area contributed by atoms with Gasteiger partial charge in [-0.05, 0) is 144 Å². The van der Waals surface area contributed by atoms with Gasteiger partial charge in [0.1, 0.15) is 0 Å². The molecule has 0 amide bonds. The van der Waals surface area contributed by atoms with E-state index in [2.05, 4.69) is 194 Å². The van der Waals surface area contributed by atoms with E-state index in [4.69, 9.17) is 0 Å². The molecule has 0 heteroatoms. The Balaban J connectivity index is 1.06. The van der Waals surface area contributed by atoms with Gasteiger partial charge in [0, 0.05) is 0 Å². The second-order valence-corrected chi connectivity index (χ2v) is 16.3. The van der Waals surface area contributed by atoms with E-state index in [-0.39, 0.29) is 0 Å². The first kappa shape index (κ1) is 30.0. The lowest BCUT2D eigenvalue weighted by molar-refractivity contribution is 0.794. The van der Waals surface area contributed by atoms with E-state index in [0.717, 1.165) is 0 Å². The Morgan fingerprint density at radius 2 is 0.596 bits per heavy atom. The van der Waals surface area contributed by atoms with Crippen molar-refractivity contribution >= 4 is 64.6 Å². The maximum atomic E-state index is 2.51. The summed E-state index contributed by atoms with van der Waals surface area (Å²) >= 11 is 0. The molecule has 14 rings (SSSR count). The molecule has 0 saturated carbocycles. The van der Waals surface area contributed by atoms with Gasteiger partial charge in [0.05, 0.1) is 5.41 Å². The average molecular weight is 717 g/mol. The zero-order valence-corrected chi connectivity index (χ0v) is 31.0. The zero-order valence-electron chi connectivity index (χ0n) is 31.0. The highest BCUT2D eigenvalue weighted by molar-refractivity contribution is 6.27. The molecule has 12 aromatic rings. The predicted molar refractivity (Wildman–Crippen MR) is 241 cm³/mol. The molecule has 0 radical (unpaired) electrons. The highest BCUT2D eigenvalue weighted by atomic mass is 14.5. The van der Waals surface area contributed by atoms with Crippen LogP contribution in [0.1, 0.15) is 22.3 Å². The van der Waals surface area contributed by atoms with Crippen LogP contribution in [0, 0.1) is 0 Å². The fourth-order valence-electron chi connectivity index (χ4n) is 11.5. The van der Waals surface area contributed by atoms with Crippen LogP contribution < -0.4 is 0 Å². The maximum Gasteiger partial charge on any atom is 0.0725 e. The van der Waals surface area contributed by atoms with E-state index in [9.17, 15) is 0 Å². The lowest BCUT2D eigenvalue weighted by atomic mass is 9.70. The highest BCUT2D eigenvalue weighted by Gasteiger charge is 2.51. The molecule has 0 N–H and O–H groups in total. The molecule has 1 spiro atoms. The molecule has 12 aromatic carbocycles. The van der Waals surface area contributed by atoms with Crippen molar-refractivity contribution in [2.24, 2.45) is 0 Å². The van der Waals surface area contributed by atoms with E-state index in [1.54, 1.807) is 0 Å². The summed E-state index contributed by atoms with van der Waals surface area (Å²) in [5.74, 6) is 0. The zero-order chi connectivity index (χ0) is 37.0. The Morgan fingerprint density at radius 3 is 1.05 bits per heavy atom. The monoisotopic (exact) mass is 716 g/mol. The molecule has 0 fully saturated rings. The van der Waals surface area contributed by atoms with Gasteiger partial charge < -0.3 is 0 Å². The van der Waals surface area contributed by atoms with Crippen molar-refractivity contribution in [1.29, 1.82) is 0 Å². The normalized spacial score (nSPS) is 13.8.